The van der Waals surface area contributed by atoms with Gasteiger partial charge in [0, 0.05) is 23.8 Å². The van der Waals surface area contributed by atoms with Crippen LogP contribution in [0.4, 0.5) is 11.4 Å². The van der Waals surface area contributed by atoms with Crippen molar-refractivity contribution in [3.63, 3.8) is 0 Å². The topological polar surface area (TPSA) is 58.4 Å². The number of fused-ring (bicyclic) bond motifs is 1. The second-order valence-corrected chi connectivity index (χ2v) is 6.45. The van der Waals surface area contributed by atoms with Gasteiger partial charge >= 0.3 is 0 Å². The SMILES string of the molecule is CC(C)N(CC1CC1)c1cc2c(cc1Cl)C(N)C(=O)N2. The molecule has 1 saturated carbocycles. The zero-order valence-corrected chi connectivity index (χ0v) is 12.6. The van der Waals surface area contributed by atoms with Crippen molar-refractivity contribution in [1.29, 1.82) is 0 Å². The zero-order valence-electron chi connectivity index (χ0n) is 11.8. The zero-order chi connectivity index (χ0) is 14.4. The van der Waals surface area contributed by atoms with E-state index < -0.39 is 6.04 Å². The second kappa shape index (κ2) is 4.93. The third kappa shape index (κ3) is 2.38. The molecule has 0 spiro atoms. The molecule has 1 fully saturated rings. The molecule has 1 aromatic rings. The maximum absolute atomic E-state index is 11.7. The van der Waals surface area contributed by atoms with Gasteiger partial charge in [0.25, 0.3) is 0 Å². The first-order valence-electron chi connectivity index (χ1n) is 7.14. The van der Waals surface area contributed by atoms with E-state index in [1.807, 2.05) is 12.1 Å². The van der Waals surface area contributed by atoms with Crippen LogP contribution in [0.5, 0.6) is 0 Å². The Hall–Kier alpha value is -1.26. The summed E-state index contributed by atoms with van der Waals surface area (Å²) in [6.07, 6.45) is 2.60. The second-order valence-electron chi connectivity index (χ2n) is 6.05. The first kappa shape index (κ1) is 13.7. The van der Waals surface area contributed by atoms with Gasteiger partial charge in [-0.1, -0.05) is 11.6 Å². The highest BCUT2D eigenvalue weighted by Gasteiger charge is 2.31. The van der Waals surface area contributed by atoms with Crippen molar-refractivity contribution in [1.82, 2.24) is 0 Å². The number of hydrogen-bond donors (Lipinski definition) is 2. The van der Waals surface area contributed by atoms with E-state index in [0.717, 1.165) is 29.4 Å². The van der Waals surface area contributed by atoms with E-state index in [-0.39, 0.29) is 5.91 Å². The van der Waals surface area contributed by atoms with Crippen molar-refractivity contribution in [3.8, 4) is 0 Å². The van der Waals surface area contributed by atoms with Crippen molar-refractivity contribution in [2.75, 3.05) is 16.8 Å². The molecule has 0 saturated heterocycles. The van der Waals surface area contributed by atoms with E-state index >= 15 is 0 Å². The molecule has 0 radical (unpaired) electrons. The maximum atomic E-state index is 11.7. The van der Waals surface area contributed by atoms with Gasteiger partial charge in [-0.15, -0.1) is 0 Å². The van der Waals surface area contributed by atoms with E-state index in [9.17, 15) is 4.79 Å². The van der Waals surface area contributed by atoms with Crippen LogP contribution in [0.2, 0.25) is 5.02 Å². The predicted molar refractivity (Wildman–Crippen MR) is 82.2 cm³/mol. The van der Waals surface area contributed by atoms with Gasteiger partial charge in [0.15, 0.2) is 0 Å². The van der Waals surface area contributed by atoms with Crippen molar-refractivity contribution in [2.45, 2.75) is 38.8 Å². The fraction of sp³-hybridized carbons (Fsp3) is 0.533. The summed E-state index contributed by atoms with van der Waals surface area (Å²) >= 11 is 6.43. The summed E-state index contributed by atoms with van der Waals surface area (Å²) in [5.74, 6) is 0.616. The third-order valence-corrected chi connectivity index (χ3v) is 4.38. The molecule has 1 aromatic carbocycles. The average Bonchev–Trinajstić information content (AvgIpc) is 3.16. The first-order valence-corrected chi connectivity index (χ1v) is 7.51. The van der Waals surface area contributed by atoms with Crippen LogP contribution in [-0.4, -0.2) is 18.5 Å². The Labute approximate surface area is 124 Å². The molecule has 0 aromatic heterocycles. The Morgan fingerprint density at radius 2 is 2.15 bits per heavy atom. The molecule has 3 rings (SSSR count). The molecule has 1 heterocycles. The molecule has 5 heteroatoms. The number of hydrogen-bond acceptors (Lipinski definition) is 3. The number of amides is 1. The van der Waals surface area contributed by atoms with E-state index in [2.05, 4.69) is 24.1 Å². The van der Waals surface area contributed by atoms with Gasteiger partial charge in [-0.05, 0) is 44.7 Å². The number of carbonyl (C=O) groups excluding carboxylic acids is 1. The highest BCUT2D eigenvalue weighted by molar-refractivity contribution is 6.33. The monoisotopic (exact) mass is 293 g/mol. The van der Waals surface area contributed by atoms with Gasteiger partial charge in [-0.3, -0.25) is 4.79 Å². The number of nitrogens with two attached hydrogens (primary N) is 1. The van der Waals surface area contributed by atoms with Crippen molar-refractivity contribution < 1.29 is 4.79 Å². The van der Waals surface area contributed by atoms with Gasteiger partial charge in [0.2, 0.25) is 5.91 Å². The molecular formula is C15H20ClN3O. The van der Waals surface area contributed by atoms with Gasteiger partial charge < -0.3 is 16.0 Å². The molecular weight excluding hydrogens is 274 g/mol. The normalized spacial score (nSPS) is 21.1. The Morgan fingerprint density at radius 1 is 1.45 bits per heavy atom. The lowest BCUT2D eigenvalue weighted by Crippen LogP contribution is -2.33. The minimum Gasteiger partial charge on any atom is -0.368 e. The molecule has 1 unspecified atom stereocenters. The van der Waals surface area contributed by atoms with Gasteiger partial charge in [-0.25, -0.2) is 0 Å². The molecule has 1 aliphatic carbocycles. The summed E-state index contributed by atoms with van der Waals surface area (Å²) in [7, 11) is 0. The van der Waals surface area contributed by atoms with Crippen molar-refractivity contribution in [3.05, 3.63) is 22.7 Å². The van der Waals surface area contributed by atoms with Crippen LogP contribution in [0.3, 0.4) is 0 Å². The van der Waals surface area contributed by atoms with Crippen LogP contribution in [-0.2, 0) is 4.79 Å². The van der Waals surface area contributed by atoms with E-state index in [1.54, 1.807) is 0 Å². The van der Waals surface area contributed by atoms with E-state index in [1.165, 1.54) is 12.8 Å². The third-order valence-electron chi connectivity index (χ3n) is 4.08. The number of nitrogens with one attached hydrogen (secondary N) is 1. The summed E-state index contributed by atoms with van der Waals surface area (Å²) in [6.45, 7) is 5.35. The van der Waals surface area contributed by atoms with E-state index in [0.29, 0.717) is 11.1 Å². The highest BCUT2D eigenvalue weighted by Crippen LogP contribution is 2.40. The van der Waals surface area contributed by atoms with Crippen LogP contribution in [0.1, 0.15) is 38.3 Å². The van der Waals surface area contributed by atoms with Crippen molar-refractivity contribution in [2.24, 2.45) is 11.7 Å². The highest BCUT2D eigenvalue weighted by atomic mass is 35.5. The lowest BCUT2D eigenvalue weighted by molar-refractivity contribution is -0.116. The molecule has 0 bridgehead atoms. The fourth-order valence-electron chi connectivity index (χ4n) is 2.68. The summed E-state index contributed by atoms with van der Waals surface area (Å²) in [6, 6.07) is 3.56. The number of anilines is 2. The molecule has 108 valence electrons. The Kier molecular flexibility index (Phi) is 3.38. The minimum atomic E-state index is -0.604. The Bertz CT molecular complexity index is 554. The summed E-state index contributed by atoms with van der Waals surface area (Å²) in [5, 5.41) is 3.50. The summed E-state index contributed by atoms with van der Waals surface area (Å²) < 4.78 is 0. The van der Waals surface area contributed by atoms with Crippen LogP contribution in [0.15, 0.2) is 12.1 Å². The maximum Gasteiger partial charge on any atom is 0.245 e. The molecule has 3 N–H and O–H groups in total. The molecule has 4 nitrogen and oxygen atoms in total. The Balaban J connectivity index is 1.96. The lowest BCUT2D eigenvalue weighted by Gasteiger charge is -2.30. The van der Waals surface area contributed by atoms with Crippen LogP contribution in [0.25, 0.3) is 0 Å². The number of carbonyl (C=O) groups is 1. The predicted octanol–water partition coefficient (Wildman–Crippen LogP) is 2.92. The molecule has 1 amide bonds. The summed E-state index contributed by atoms with van der Waals surface area (Å²) in [5.41, 5.74) is 8.42. The largest absolute Gasteiger partial charge is 0.368 e. The van der Waals surface area contributed by atoms with Crippen molar-refractivity contribution >= 4 is 28.9 Å². The molecule has 1 aliphatic heterocycles. The van der Waals surface area contributed by atoms with Gasteiger partial charge in [0.1, 0.15) is 6.04 Å². The smallest absolute Gasteiger partial charge is 0.245 e. The van der Waals surface area contributed by atoms with Crippen LogP contribution in [0, 0.1) is 5.92 Å². The van der Waals surface area contributed by atoms with Crippen LogP contribution >= 0.6 is 11.6 Å². The van der Waals surface area contributed by atoms with Gasteiger partial charge in [-0.2, -0.15) is 0 Å². The number of nitrogens with zero attached hydrogens (tertiary/aromatic N) is 1. The molecule has 1 atom stereocenters. The Morgan fingerprint density at radius 3 is 2.75 bits per heavy atom. The quantitative estimate of drug-likeness (QED) is 0.897. The average molecular weight is 294 g/mol. The first-order chi connectivity index (χ1) is 9.47. The molecule has 2 aliphatic rings. The summed E-state index contributed by atoms with van der Waals surface area (Å²) in [4.78, 5) is 14.0. The van der Waals surface area contributed by atoms with E-state index in [4.69, 9.17) is 17.3 Å². The standard InChI is InChI=1S/C15H20ClN3O/c1-8(2)19(7-9-3-4-9)13-6-12-10(5-11(13)16)14(17)15(20)18-12/h5-6,8-9,14H,3-4,7,17H2,1-2H3,(H,18,20). The lowest BCUT2D eigenvalue weighted by atomic mass is 10.1. The van der Waals surface area contributed by atoms with Gasteiger partial charge in [0.05, 0.1) is 10.7 Å². The molecule has 20 heavy (non-hydrogen) atoms. The van der Waals surface area contributed by atoms with Crippen LogP contribution < -0.4 is 16.0 Å². The fourth-order valence-corrected chi connectivity index (χ4v) is 2.96. The number of rotatable bonds is 4. The minimum absolute atomic E-state index is 0.161. The number of halogens is 1. The number of benzene rings is 1.